The molecule has 0 aromatic heterocycles. The predicted molar refractivity (Wildman–Crippen MR) is 124 cm³/mol. The first-order valence-corrected chi connectivity index (χ1v) is 11.7. The van der Waals surface area contributed by atoms with Gasteiger partial charge in [0.25, 0.3) is 5.78 Å². The highest BCUT2D eigenvalue weighted by atomic mass is 19.3. The van der Waals surface area contributed by atoms with Crippen LogP contribution in [0.25, 0.3) is 0 Å². The number of aliphatic hydroxyl groups is 1. The van der Waals surface area contributed by atoms with E-state index >= 15 is 0 Å². The first-order chi connectivity index (χ1) is 16.3. The summed E-state index contributed by atoms with van der Waals surface area (Å²) in [4.78, 5) is 54.7. The van der Waals surface area contributed by atoms with E-state index < -0.39 is 65.9 Å². The van der Waals surface area contributed by atoms with Crippen LogP contribution in [-0.4, -0.2) is 77.2 Å². The molecular formula is C23H36F2N5O5+. The summed E-state index contributed by atoms with van der Waals surface area (Å²) in [7, 11) is 0. The van der Waals surface area contributed by atoms with E-state index in [0.29, 0.717) is 6.42 Å². The monoisotopic (exact) mass is 500 g/mol. The fourth-order valence-electron chi connectivity index (χ4n) is 4.91. The molecule has 0 aromatic carbocycles. The number of hydrogen-bond donors (Lipinski definition) is 5. The van der Waals surface area contributed by atoms with Gasteiger partial charge >= 0.3 is 11.9 Å². The number of nitrogens with two attached hydrogens (primary N) is 1. The zero-order chi connectivity index (χ0) is 26.5. The van der Waals surface area contributed by atoms with Crippen molar-refractivity contribution in [3.05, 3.63) is 12.7 Å². The van der Waals surface area contributed by atoms with Gasteiger partial charge in [-0.15, -0.1) is 0 Å². The van der Waals surface area contributed by atoms with Gasteiger partial charge in [0.15, 0.2) is 6.54 Å². The van der Waals surface area contributed by atoms with Crippen LogP contribution in [0.4, 0.5) is 13.6 Å². The Bertz CT molecular complexity index is 873. The SMILES string of the molecule is C=CC[NH+]=C(O)C(=O)[C@H](CC(F)F)NC(=O)[C@@H]1[C@H]2CCC[C@H]2CN1C(=O)[C@@H](NC(N)=O)C(C)(C)C. The lowest BCUT2D eigenvalue weighted by atomic mass is 9.85. The van der Waals surface area contributed by atoms with Gasteiger partial charge in [0.05, 0.1) is 0 Å². The van der Waals surface area contributed by atoms with E-state index in [1.807, 2.05) is 0 Å². The van der Waals surface area contributed by atoms with Crippen LogP contribution in [0.5, 0.6) is 0 Å². The molecular weight excluding hydrogens is 464 g/mol. The van der Waals surface area contributed by atoms with E-state index in [1.165, 1.54) is 11.0 Å². The first-order valence-electron chi connectivity index (χ1n) is 11.7. The van der Waals surface area contributed by atoms with Crippen LogP contribution in [0, 0.1) is 17.3 Å². The van der Waals surface area contributed by atoms with Gasteiger partial charge in [-0.05, 0) is 36.2 Å². The summed E-state index contributed by atoms with van der Waals surface area (Å²) in [5, 5.41) is 14.7. The summed E-state index contributed by atoms with van der Waals surface area (Å²) in [6.07, 6.45) is -0.279. The third-order valence-corrected chi connectivity index (χ3v) is 6.54. The Balaban J connectivity index is 2.34. The van der Waals surface area contributed by atoms with Gasteiger partial charge < -0.3 is 26.4 Å². The lowest BCUT2D eigenvalue weighted by molar-refractivity contribution is -0.452. The van der Waals surface area contributed by atoms with Gasteiger partial charge in [0.2, 0.25) is 18.2 Å². The Morgan fingerprint density at radius 2 is 1.89 bits per heavy atom. The van der Waals surface area contributed by atoms with E-state index in [0.717, 1.165) is 12.8 Å². The zero-order valence-corrected chi connectivity index (χ0v) is 20.4. The van der Waals surface area contributed by atoms with E-state index in [9.17, 15) is 33.1 Å². The summed E-state index contributed by atoms with van der Waals surface area (Å²) in [5.41, 5.74) is 4.55. The molecule has 2 rings (SSSR count). The van der Waals surface area contributed by atoms with Gasteiger partial charge in [0.1, 0.15) is 18.1 Å². The highest BCUT2D eigenvalue weighted by Crippen LogP contribution is 2.43. The summed E-state index contributed by atoms with van der Waals surface area (Å²) < 4.78 is 26.4. The number of aliphatic hydroxyl groups excluding tert-OH is 1. The Labute approximate surface area is 203 Å². The van der Waals surface area contributed by atoms with E-state index in [-0.39, 0.29) is 24.9 Å². The Kier molecular flexibility index (Phi) is 9.33. The normalized spacial score (nSPS) is 24.0. The van der Waals surface area contributed by atoms with E-state index in [4.69, 9.17) is 5.73 Å². The largest absolute Gasteiger partial charge is 0.457 e. The number of fused-ring (bicyclic) bond motifs is 1. The third-order valence-electron chi connectivity index (χ3n) is 6.54. The molecule has 2 aliphatic rings. The van der Waals surface area contributed by atoms with E-state index in [1.54, 1.807) is 20.8 Å². The second-order valence-electron chi connectivity index (χ2n) is 10.2. The van der Waals surface area contributed by atoms with Crippen molar-refractivity contribution >= 4 is 29.5 Å². The number of Topliss-reactive ketones (excluding diaryl/α,β-unsaturated/α-hetero) is 1. The van der Waals surface area contributed by atoms with Crippen molar-refractivity contribution in [3.63, 3.8) is 0 Å². The molecule has 196 valence electrons. The molecule has 1 saturated carbocycles. The topological polar surface area (TPSA) is 156 Å². The minimum Gasteiger partial charge on any atom is -0.457 e. The number of hydrogen-bond acceptors (Lipinski definition) is 4. The molecule has 4 amide bonds. The number of nitrogens with one attached hydrogen (secondary N) is 3. The predicted octanol–water partition coefficient (Wildman–Crippen LogP) is -0.371. The molecule has 1 saturated heterocycles. The highest BCUT2D eigenvalue weighted by molar-refractivity contribution is 6.35. The van der Waals surface area contributed by atoms with Crippen molar-refractivity contribution in [1.29, 1.82) is 0 Å². The summed E-state index contributed by atoms with van der Waals surface area (Å²) in [6.45, 7) is 8.93. The quantitative estimate of drug-likeness (QED) is 0.157. The number of primary amides is 1. The van der Waals surface area contributed by atoms with Crippen molar-refractivity contribution in [2.45, 2.75) is 71.0 Å². The fourth-order valence-corrected chi connectivity index (χ4v) is 4.91. The van der Waals surface area contributed by atoms with Crippen LogP contribution in [0.2, 0.25) is 0 Å². The van der Waals surface area contributed by atoms with Crippen molar-refractivity contribution in [2.75, 3.05) is 13.1 Å². The Morgan fingerprint density at radius 1 is 1.23 bits per heavy atom. The molecule has 2 fully saturated rings. The van der Waals surface area contributed by atoms with Gasteiger partial charge in [-0.1, -0.05) is 33.8 Å². The number of urea groups is 1. The second-order valence-corrected chi connectivity index (χ2v) is 10.2. The fraction of sp³-hybridized carbons (Fsp3) is 0.696. The highest BCUT2D eigenvalue weighted by Gasteiger charge is 2.52. The van der Waals surface area contributed by atoms with Crippen LogP contribution in [0.1, 0.15) is 46.5 Å². The molecule has 1 heterocycles. The molecule has 0 spiro atoms. The lowest BCUT2D eigenvalue weighted by Crippen LogP contribution is -2.75. The minimum absolute atomic E-state index is 0.0165. The van der Waals surface area contributed by atoms with Crippen LogP contribution >= 0.6 is 0 Å². The average Bonchev–Trinajstić information content (AvgIpc) is 3.34. The summed E-state index contributed by atoms with van der Waals surface area (Å²) in [6, 6.07) is -4.61. The molecule has 6 N–H and O–H groups in total. The number of halogens is 2. The number of ketones is 1. The lowest BCUT2D eigenvalue weighted by Gasteiger charge is -2.36. The molecule has 35 heavy (non-hydrogen) atoms. The van der Waals surface area contributed by atoms with Gasteiger partial charge in [-0.3, -0.25) is 14.4 Å². The number of alkyl halides is 2. The third kappa shape index (κ3) is 6.98. The van der Waals surface area contributed by atoms with Crippen LogP contribution < -0.4 is 21.4 Å². The summed E-state index contributed by atoms with van der Waals surface area (Å²) >= 11 is 0. The molecule has 5 atom stereocenters. The molecule has 10 nitrogen and oxygen atoms in total. The maximum absolute atomic E-state index is 13.5. The zero-order valence-electron chi connectivity index (χ0n) is 20.4. The number of carbonyl (C=O) groups is 4. The Hall–Kier alpha value is -3.05. The number of rotatable bonds is 10. The van der Waals surface area contributed by atoms with Gasteiger partial charge in [-0.2, -0.15) is 0 Å². The number of likely N-dealkylation sites (tertiary alicyclic amines) is 1. The maximum Gasteiger partial charge on any atom is 0.405 e. The molecule has 0 unspecified atom stereocenters. The first kappa shape index (κ1) is 28.2. The number of nitrogens with zero attached hydrogens (tertiary/aromatic N) is 1. The van der Waals surface area contributed by atoms with Crippen molar-refractivity contribution in [1.82, 2.24) is 15.5 Å². The van der Waals surface area contributed by atoms with E-state index in [2.05, 4.69) is 22.2 Å². The minimum atomic E-state index is -2.93. The smallest absolute Gasteiger partial charge is 0.405 e. The molecule has 1 aliphatic heterocycles. The van der Waals surface area contributed by atoms with Crippen LogP contribution in [-0.2, 0) is 14.4 Å². The van der Waals surface area contributed by atoms with Crippen molar-refractivity contribution in [2.24, 2.45) is 23.0 Å². The molecule has 12 heteroatoms. The van der Waals surface area contributed by atoms with Crippen molar-refractivity contribution < 1.29 is 38.1 Å². The Morgan fingerprint density at radius 3 is 2.43 bits per heavy atom. The molecule has 1 aliphatic carbocycles. The maximum atomic E-state index is 13.5. The second kappa shape index (κ2) is 11.6. The standard InChI is InChI=1S/C23H35F2N5O5/c1-5-9-27-20(33)17(31)14(10-15(24)25)28-19(32)16-13-8-6-7-12(13)11-30(16)21(34)18(23(2,3)4)29-22(26)35/h5,12-16,18H,1,6-11H2,2-4H3,(H,27,33)(H,28,32)(H3,26,29,35)/p+1/t12-,13-,14-,16-,18+/m0/s1. The molecule has 0 radical (unpaired) electrons. The van der Waals surface area contributed by atoms with Crippen molar-refractivity contribution in [3.8, 4) is 0 Å². The average molecular weight is 501 g/mol. The van der Waals surface area contributed by atoms with Gasteiger partial charge in [0, 0.05) is 13.0 Å². The van der Waals surface area contributed by atoms with Gasteiger partial charge in [-0.25, -0.2) is 18.6 Å². The van der Waals surface area contributed by atoms with Crippen LogP contribution in [0.15, 0.2) is 12.7 Å². The van der Waals surface area contributed by atoms with Crippen LogP contribution in [0.3, 0.4) is 0 Å². The molecule has 0 bridgehead atoms. The summed E-state index contributed by atoms with van der Waals surface area (Å²) in [5.74, 6) is -3.41. The number of amides is 4. The number of carbonyl (C=O) groups excluding carboxylic acids is 4. The molecule has 0 aromatic rings.